The summed E-state index contributed by atoms with van der Waals surface area (Å²) in [5.74, 6) is -0.00438. The molecule has 0 aliphatic heterocycles. The fraction of sp³-hybridized carbons (Fsp3) is 0.111. The van der Waals surface area contributed by atoms with E-state index in [0.717, 1.165) is 12.4 Å². The molecule has 0 heterocycles. The molecule has 86 valence electrons. The van der Waals surface area contributed by atoms with Gasteiger partial charge in [-0.05, 0) is 22.0 Å². The van der Waals surface area contributed by atoms with Crippen molar-refractivity contribution >= 4 is 28.4 Å². The molecule has 1 rings (SSSR count). The van der Waals surface area contributed by atoms with E-state index >= 15 is 0 Å². The van der Waals surface area contributed by atoms with Crippen LogP contribution in [0.4, 0.5) is 0 Å². The molecule has 0 radical (unpaired) electrons. The second kappa shape index (κ2) is 5.36. The van der Waals surface area contributed by atoms with Crippen molar-refractivity contribution in [3.8, 4) is 11.5 Å². The number of benzene rings is 1. The van der Waals surface area contributed by atoms with Gasteiger partial charge in [-0.25, -0.2) is 0 Å². The monoisotopic (exact) mass is 288 g/mol. The second-order valence-corrected chi connectivity index (χ2v) is 3.53. The Balaban J connectivity index is 3.50. The van der Waals surface area contributed by atoms with Crippen LogP contribution in [-0.2, 0) is 0 Å². The summed E-state index contributed by atoms with van der Waals surface area (Å²) in [6, 6.07) is 1.47. The maximum atomic E-state index is 9.73. The quantitative estimate of drug-likeness (QED) is 0.449. The number of oxime groups is 2. The summed E-state index contributed by atoms with van der Waals surface area (Å²) in [5, 5.41) is 32.4. The molecular formula is C9H9BrN2O4. The van der Waals surface area contributed by atoms with Crippen LogP contribution in [0.15, 0.2) is 20.9 Å². The molecule has 0 atom stereocenters. The highest BCUT2D eigenvalue weighted by atomic mass is 79.9. The fourth-order valence-electron chi connectivity index (χ4n) is 1.15. The van der Waals surface area contributed by atoms with Gasteiger partial charge in [0.15, 0.2) is 11.5 Å². The van der Waals surface area contributed by atoms with E-state index in [0.29, 0.717) is 10.0 Å². The Labute approximate surface area is 99.6 Å². The number of aromatic hydroxyl groups is 1. The van der Waals surface area contributed by atoms with Crippen LogP contribution in [0.2, 0.25) is 0 Å². The molecule has 0 amide bonds. The van der Waals surface area contributed by atoms with Gasteiger partial charge in [-0.15, -0.1) is 0 Å². The van der Waals surface area contributed by atoms with Crippen LogP contribution >= 0.6 is 15.9 Å². The normalized spacial score (nSPS) is 11.4. The van der Waals surface area contributed by atoms with Crippen LogP contribution in [0.5, 0.6) is 11.5 Å². The van der Waals surface area contributed by atoms with Crippen molar-refractivity contribution in [2.24, 2.45) is 10.3 Å². The van der Waals surface area contributed by atoms with Crippen molar-refractivity contribution in [1.82, 2.24) is 0 Å². The molecule has 3 N–H and O–H groups in total. The molecule has 0 aliphatic carbocycles. The van der Waals surface area contributed by atoms with Crippen LogP contribution in [0, 0.1) is 0 Å². The highest BCUT2D eigenvalue weighted by molar-refractivity contribution is 9.10. The van der Waals surface area contributed by atoms with Crippen molar-refractivity contribution in [1.29, 1.82) is 0 Å². The lowest BCUT2D eigenvalue weighted by atomic mass is 10.1. The lowest BCUT2D eigenvalue weighted by molar-refractivity contribution is 0.321. The van der Waals surface area contributed by atoms with E-state index in [1.54, 1.807) is 0 Å². The first-order valence-corrected chi connectivity index (χ1v) is 4.89. The molecule has 0 aromatic heterocycles. The molecule has 1 aromatic rings. The van der Waals surface area contributed by atoms with Gasteiger partial charge in [0.1, 0.15) is 0 Å². The van der Waals surface area contributed by atoms with E-state index < -0.39 is 0 Å². The molecular weight excluding hydrogens is 280 g/mol. The summed E-state index contributed by atoms with van der Waals surface area (Å²) < 4.78 is 5.33. The largest absolute Gasteiger partial charge is 0.504 e. The van der Waals surface area contributed by atoms with Crippen LogP contribution in [0.1, 0.15) is 11.1 Å². The molecule has 7 heteroatoms. The van der Waals surface area contributed by atoms with Crippen molar-refractivity contribution in [2.45, 2.75) is 0 Å². The lowest BCUT2D eigenvalue weighted by Gasteiger charge is -2.09. The molecule has 6 nitrogen and oxygen atoms in total. The maximum absolute atomic E-state index is 9.73. The molecule has 0 fully saturated rings. The predicted octanol–water partition coefficient (Wildman–Crippen LogP) is 1.78. The lowest BCUT2D eigenvalue weighted by Crippen LogP contribution is -1.96. The van der Waals surface area contributed by atoms with E-state index in [1.165, 1.54) is 13.2 Å². The highest BCUT2D eigenvalue weighted by Crippen LogP contribution is 2.36. The summed E-state index contributed by atoms with van der Waals surface area (Å²) in [6.07, 6.45) is 2.19. The van der Waals surface area contributed by atoms with E-state index in [4.69, 9.17) is 15.2 Å². The molecule has 0 spiro atoms. The van der Waals surface area contributed by atoms with Crippen molar-refractivity contribution in [2.75, 3.05) is 7.11 Å². The summed E-state index contributed by atoms with van der Waals surface area (Å²) in [4.78, 5) is 0. The van der Waals surface area contributed by atoms with E-state index in [2.05, 4.69) is 26.2 Å². The number of methoxy groups -OCH3 is 1. The first-order chi connectivity index (χ1) is 7.65. The average molecular weight is 289 g/mol. The van der Waals surface area contributed by atoms with Gasteiger partial charge in [0, 0.05) is 10.0 Å². The number of hydrogen-bond acceptors (Lipinski definition) is 6. The average Bonchev–Trinajstić information content (AvgIpc) is 2.28. The summed E-state index contributed by atoms with van der Waals surface area (Å²) >= 11 is 3.18. The van der Waals surface area contributed by atoms with Gasteiger partial charge in [0.2, 0.25) is 0 Å². The van der Waals surface area contributed by atoms with Crippen LogP contribution in [-0.4, -0.2) is 35.1 Å². The van der Waals surface area contributed by atoms with Gasteiger partial charge >= 0.3 is 0 Å². The molecule has 0 aliphatic rings. The summed E-state index contributed by atoms with van der Waals surface area (Å²) in [7, 11) is 1.38. The zero-order valence-electron chi connectivity index (χ0n) is 8.25. The van der Waals surface area contributed by atoms with Crippen molar-refractivity contribution < 1.29 is 20.3 Å². The Bertz CT molecular complexity index is 446. The Morgan fingerprint density at radius 2 is 1.94 bits per heavy atom. The third kappa shape index (κ3) is 2.25. The van der Waals surface area contributed by atoms with Crippen molar-refractivity contribution in [3.63, 3.8) is 0 Å². The number of rotatable bonds is 3. The van der Waals surface area contributed by atoms with E-state index in [1.807, 2.05) is 0 Å². The second-order valence-electron chi connectivity index (χ2n) is 2.73. The summed E-state index contributed by atoms with van der Waals surface area (Å²) in [5.41, 5.74) is 0.684. The minimum absolute atomic E-state index is 0.174. The highest BCUT2D eigenvalue weighted by Gasteiger charge is 2.14. The zero-order chi connectivity index (χ0) is 12.1. The fourth-order valence-corrected chi connectivity index (χ4v) is 1.66. The standard InChI is InChI=1S/C9H9BrN2O4/c1-16-7-2-5(3-11-14)8(10)6(4-12-15)9(7)13/h2-4,13-15H,1H3/b11-3+,12-4?. The number of phenols is 1. The van der Waals surface area contributed by atoms with E-state index in [-0.39, 0.29) is 17.1 Å². The molecule has 16 heavy (non-hydrogen) atoms. The van der Waals surface area contributed by atoms with Gasteiger partial charge < -0.3 is 20.3 Å². The van der Waals surface area contributed by atoms with Gasteiger partial charge in [0.25, 0.3) is 0 Å². The SMILES string of the molecule is COc1cc(/C=N/O)c(Br)c(C=NO)c1O. The maximum Gasteiger partial charge on any atom is 0.167 e. The zero-order valence-corrected chi connectivity index (χ0v) is 9.84. The predicted molar refractivity (Wildman–Crippen MR) is 61.1 cm³/mol. The first-order valence-electron chi connectivity index (χ1n) is 4.10. The topological polar surface area (TPSA) is 94.6 Å². The molecule has 1 aromatic carbocycles. The van der Waals surface area contributed by atoms with Crippen molar-refractivity contribution in [3.05, 3.63) is 21.7 Å². The smallest absolute Gasteiger partial charge is 0.167 e. The number of hydrogen-bond donors (Lipinski definition) is 3. The van der Waals surface area contributed by atoms with Crippen LogP contribution in [0.3, 0.4) is 0 Å². The summed E-state index contributed by atoms with van der Waals surface area (Å²) in [6.45, 7) is 0. The van der Waals surface area contributed by atoms with E-state index in [9.17, 15) is 5.11 Å². The van der Waals surface area contributed by atoms with Gasteiger partial charge in [-0.1, -0.05) is 10.3 Å². The Morgan fingerprint density at radius 1 is 1.31 bits per heavy atom. The van der Waals surface area contributed by atoms with Gasteiger partial charge in [0.05, 0.1) is 25.1 Å². The Hall–Kier alpha value is -1.76. The molecule has 0 saturated carbocycles. The third-order valence-corrected chi connectivity index (χ3v) is 2.75. The Morgan fingerprint density at radius 3 is 2.44 bits per heavy atom. The first kappa shape index (κ1) is 12.3. The van der Waals surface area contributed by atoms with Gasteiger partial charge in [-0.2, -0.15) is 0 Å². The molecule has 0 bridgehead atoms. The molecule has 0 unspecified atom stereocenters. The third-order valence-electron chi connectivity index (χ3n) is 1.87. The molecule has 0 saturated heterocycles. The number of nitrogens with zero attached hydrogens (tertiary/aromatic N) is 2. The minimum Gasteiger partial charge on any atom is -0.504 e. The number of ether oxygens (including phenoxy) is 1. The Kier molecular flexibility index (Phi) is 4.12. The van der Waals surface area contributed by atoms with Crippen LogP contribution in [0.25, 0.3) is 0 Å². The number of phenolic OH excluding ortho intramolecular Hbond substituents is 1. The van der Waals surface area contributed by atoms with Gasteiger partial charge in [-0.3, -0.25) is 0 Å². The minimum atomic E-state index is -0.178. The number of halogens is 1. The van der Waals surface area contributed by atoms with Crippen LogP contribution < -0.4 is 4.74 Å².